The fourth-order valence-electron chi connectivity index (χ4n) is 4.57. The van der Waals surface area contributed by atoms with Crippen LogP contribution in [0.5, 0.6) is 11.5 Å². The van der Waals surface area contributed by atoms with Crippen LogP contribution >= 0.6 is 0 Å². The van der Waals surface area contributed by atoms with Crippen LogP contribution in [0, 0.1) is 22.0 Å². The van der Waals surface area contributed by atoms with Crippen molar-refractivity contribution in [1.29, 1.82) is 0 Å². The number of aromatic nitrogens is 3. The zero-order valence-corrected chi connectivity index (χ0v) is 17.0. The van der Waals surface area contributed by atoms with Crippen LogP contribution in [0.2, 0.25) is 0 Å². The lowest BCUT2D eigenvalue weighted by molar-refractivity contribution is -0.384. The number of nitro benzene ring substituents is 1. The largest absolute Gasteiger partial charge is 0.452 e. The number of hydrazine groups is 1. The highest BCUT2D eigenvalue weighted by Gasteiger charge is 2.36. The molecule has 1 saturated heterocycles. The van der Waals surface area contributed by atoms with Gasteiger partial charge >= 0.3 is 0 Å². The maximum atomic E-state index is 12.8. The average Bonchev–Trinajstić information content (AvgIpc) is 3.34. The third-order valence-electron chi connectivity index (χ3n) is 6.18. The summed E-state index contributed by atoms with van der Waals surface area (Å²) in [7, 11) is 1.63. The van der Waals surface area contributed by atoms with Gasteiger partial charge < -0.3 is 4.74 Å². The van der Waals surface area contributed by atoms with Crippen molar-refractivity contribution < 1.29 is 9.66 Å². The van der Waals surface area contributed by atoms with Crippen molar-refractivity contribution in [2.24, 2.45) is 18.9 Å². The number of hydrogen-bond acceptors (Lipinski definition) is 8. The van der Waals surface area contributed by atoms with Gasteiger partial charge in [-0.15, -0.1) is 0 Å². The molecule has 0 amide bonds. The Labute approximate surface area is 177 Å². The zero-order chi connectivity index (χ0) is 21.5. The van der Waals surface area contributed by atoms with Gasteiger partial charge in [0.2, 0.25) is 5.95 Å². The summed E-state index contributed by atoms with van der Waals surface area (Å²) in [4.78, 5) is 32.0. The van der Waals surface area contributed by atoms with Crippen molar-refractivity contribution in [1.82, 2.24) is 19.5 Å². The summed E-state index contributed by atoms with van der Waals surface area (Å²) in [5.41, 5.74) is 3.38. The maximum Gasteiger partial charge on any atom is 0.294 e. The minimum atomic E-state index is -0.490. The molecule has 0 radical (unpaired) electrons. The fraction of sp³-hybridized carbons (Fsp3) is 0.381. The van der Waals surface area contributed by atoms with E-state index < -0.39 is 4.92 Å². The molecule has 1 saturated carbocycles. The van der Waals surface area contributed by atoms with Gasteiger partial charge in [0.1, 0.15) is 11.4 Å². The van der Waals surface area contributed by atoms with Gasteiger partial charge in [0.15, 0.2) is 5.75 Å². The Balaban J connectivity index is 1.38. The van der Waals surface area contributed by atoms with Crippen LogP contribution in [0.1, 0.15) is 19.3 Å². The van der Waals surface area contributed by atoms with Gasteiger partial charge in [-0.3, -0.25) is 24.9 Å². The monoisotopic (exact) mass is 422 g/mol. The Hall–Kier alpha value is -3.53. The molecule has 10 nitrogen and oxygen atoms in total. The number of non-ortho nitro benzene ring substituents is 1. The molecule has 1 N–H and O–H groups in total. The molecule has 2 aliphatic rings. The standard InChI is InChI=1S/C21H22N6O4/c1-25-19-15(9-18(20(25)28)31-17-7-5-16(6-8-17)27(29)30)10-22-21(23-19)24-26-11-13-3-2-4-14(13)12-26/h5-10,13-14H,2-4,11-12H2,1H3,(H,22,23,24). The Morgan fingerprint density at radius 2 is 1.90 bits per heavy atom. The van der Waals surface area contributed by atoms with Gasteiger partial charge in [0.05, 0.1) is 4.92 Å². The van der Waals surface area contributed by atoms with Crippen molar-refractivity contribution in [2.45, 2.75) is 19.3 Å². The second-order valence-corrected chi connectivity index (χ2v) is 8.17. The lowest BCUT2D eigenvalue weighted by Gasteiger charge is -2.18. The number of ether oxygens (including phenoxy) is 1. The van der Waals surface area contributed by atoms with Gasteiger partial charge in [-0.2, -0.15) is 4.98 Å². The SMILES string of the molecule is Cn1c(=O)c(Oc2ccc([N+](=O)[O-])cc2)cc2cnc(NN3CC4CCCC4C3)nc21. The molecular weight excluding hydrogens is 400 g/mol. The number of nitrogens with one attached hydrogen (secondary N) is 1. The smallest absolute Gasteiger partial charge is 0.294 e. The predicted molar refractivity (Wildman–Crippen MR) is 114 cm³/mol. The molecule has 31 heavy (non-hydrogen) atoms. The maximum absolute atomic E-state index is 12.8. The normalized spacial score (nSPS) is 20.7. The van der Waals surface area contributed by atoms with Crippen LogP contribution < -0.4 is 15.7 Å². The number of aryl methyl sites for hydroxylation is 1. The number of anilines is 1. The highest BCUT2D eigenvalue weighted by Crippen LogP contribution is 2.37. The topological polar surface area (TPSA) is 115 Å². The second kappa shape index (κ2) is 7.62. The van der Waals surface area contributed by atoms with Gasteiger partial charge in [-0.25, -0.2) is 9.99 Å². The number of fused-ring (bicyclic) bond motifs is 2. The molecule has 3 aromatic rings. The van der Waals surface area contributed by atoms with Crippen molar-refractivity contribution in [3.63, 3.8) is 0 Å². The Morgan fingerprint density at radius 1 is 1.19 bits per heavy atom. The summed E-state index contributed by atoms with van der Waals surface area (Å²) in [6.07, 6.45) is 5.55. The molecule has 2 unspecified atom stereocenters. The Kier molecular flexibility index (Phi) is 4.78. The molecule has 1 aromatic carbocycles. The van der Waals surface area contributed by atoms with Crippen LogP contribution in [0.15, 0.2) is 41.3 Å². The average molecular weight is 422 g/mol. The molecule has 3 heterocycles. The van der Waals surface area contributed by atoms with Crippen molar-refractivity contribution in [3.05, 3.63) is 57.0 Å². The number of nitrogens with zero attached hydrogens (tertiary/aromatic N) is 5. The minimum absolute atomic E-state index is 0.0474. The van der Waals surface area contributed by atoms with Crippen LogP contribution in [-0.4, -0.2) is 37.6 Å². The number of rotatable bonds is 5. The van der Waals surface area contributed by atoms with Crippen molar-refractivity contribution >= 4 is 22.7 Å². The number of hydrogen-bond donors (Lipinski definition) is 1. The summed E-state index contributed by atoms with van der Waals surface area (Å²) >= 11 is 0. The Bertz CT molecular complexity index is 1200. The molecule has 2 aromatic heterocycles. The third-order valence-corrected chi connectivity index (χ3v) is 6.18. The molecule has 160 valence electrons. The quantitative estimate of drug-likeness (QED) is 0.493. The molecule has 1 aliphatic heterocycles. The van der Waals surface area contributed by atoms with Gasteiger partial charge in [-0.05, 0) is 42.9 Å². The lowest BCUT2D eigenvalue weighted by Crippen LogP contribution is -2.29. The van der Waals surface area contributed by atoms with E-state index in [0.29, 0.717) is 22.7 Å². The molecule has 2 atom stereocenters. The summed E-state index contributed by atoms with van der Waals surface area (Å²) < 4.78 is 7.10. The van der Waals surface area contributed by atoms with Crippen molar-refractivity contribution in [3.8, 4) is 11.5 Å². The van der Waals surface area contributed by atoms with Gasteiger partial charge in [-0.1, -0.05) is 6.42 Å². The second-order valence-electron chi connectivity index (χ2n) is 8.17. The highest BCUT2D eigenvalue weighted by molar-refractivity contribution is 5.76. The first-order chi connectivity index (χ1) is 15.0. The number of nitro groups is 1. The summed E-state index contributed by atoms with van der Waals surface area (Å²) in [5, 5.41) is 13.6. The van der Waals surface area contributed by atoms with E-state index in [4.69, 9.17) is 4.74 Å². The van der Waals surface area contributed by atoms with Crippen molar-refractivity contribution in [2.75, 3.05) is 18.5 Å². The zero-order valence-electron chi connectivity index (χ0n) is 17.0. The number of pyridine rings is 1. The van der Waals surface area contributed by atoms with E-state index in [-0.39, 0.29) is 17.0 Å². The first kappa shape index (κ1) is 19.4. The Morgan fingerprint density at radius 3 is 2.58 bits per heavy atom. The molecule has 5 rings (SSSR count). The van der Waals surface area contributed by atoms with E-state index in [9.17, 15) is 14.9 Å². The van der Waals surface area contributed by atoms with Gasteiger partial charge in [0.25, 0.3) is 11.2 Å². The molecule has 1 aliphatic carbocycles. The fourth-order valence-corrected chi connectivity index (χ4v) is 4.57. The predicted octanol–water partition coefficient (Wildman–Crippen LogP) is 3.09. The lowest BCUT2D eigenvalue weighted by atomic mass is 10.0. The summed E-state index contributed by atoms with van der Waals surface area (Å²) in [6, 6.07) is 7.15. The van der Waals surface area contributed by atoms with Gasteiger partial charge in [0, 0.05) is 43.9 Å². The van der Waals surface area contributed by atoms with E-state index >= 15 is 0 Å². The molecule has 2 fully saturated rings. The highest BCUT2D eigenvalue weighted by atomic mass is 16.6. The molecule has 0 spiro atoms. The molecule has 10 heteroatoms. The van der Waals surface area contributed by atoms with E-state index in [1.165, 1.54) is 48.1 Å². The van der Waals surface area contributed by atoms with Crippen LogP contribution in [0.3, 0.4) is 0 Å². The van der Waals surface area contributed by atoms with Crippen LogP contribution in [0.4, 0.5) is 11.6 Å². The van der Waals surface area contributed by atoms with E-state index in [0.717, 1.165) is 24.9 Å². The van der Waals surface area contributed by atoms with E-state index in [2.05, 4.69) is 20.4 Å². The van der Waals surface area contributed by atoms with E-state index in [1.807, 2.05) is 0 Å². The molecule has 0 bridgehead atoms. The minimum Gasteiger partial charge on any atom is -0.452 e. The first-order valence-electron chi connectivity index (χ1n) is 10.3. The summed E-state index contributed by atoms with van der Waals surface area (Å²) in [6.45, 7) is 1.99. The first-order valence-corrected chi connectivity index (χ1v) is 10.3. The van der Waals surface area contributed by atoms with E-state index in [1.54, 1.807) is 19.3 Å². The van der Waals surface area contributed by atoms with Crippen LogP contribution in [0.25, 0.3) is 11.0 Å². The molecular formula is C21H22N6O4. The number of benzene rings is 1. The van der Waals surface area contributed by atoms with Crippen LogP contribution in [-0.2, 0) is 7.05 Å². The third kappa shape index (κ3) is 3.70. The summed E-state index contributed by atoms with van der Waals surface area (Å²) in [5.74, 6) is 2.39.